The minimum atomic E-state index is -0.0148. The van der Waals surface area contributed by atoms with Crippen molar-refractivity contribution < 1.29 is 9.53 Å². The number of nitrogens with zero attached hydrogens (tertiary/aromatic N) is 2. The number of benzene rings is 1. The molecule has 2 aliphatic rings. The van der Waals surface area contributed by atoms with Gasteiger partial charge in [0.25, 0.3) is 0 Å². The zero-order chi connectivity index (χ0) is 17.6. The Morgan fingerprint density at radius 3 is 2.64 bits per heavy atom. The third kappa shape index (κ3) is 4.98. The Morgan fingerprint density at radius 1 is 1.24 bits per heavy atom. The number of urea groups is 1. The predicted molar refractivity (Wildman–Crippen MR) is 101 cm³/mol. The summed E-state index contributed by atoms with van der Waals surface area (Å²) in [5.74, 6) is 1.28. The minimum absolute atomic E-state index is 0.0148. The largest absolute Gasteiger partial charge is 0.493 e. The summed E-state index contributed by atoms with van der Waals surface area (Å²) in [6.45, 7) is 8.66. The van der Waals surface area contributed by atoms with Crippen LogP contribution < -0.4 is 10.1 Å². The van der Waals surface area contributed by atoms with E-state index in [0.29, 0.717) is 18.6 Å². The van der Waals surface area contributed by atoms with E-state index in [0.717, 1.165) is 50.5 Å². The van der Waals surface area contributed by atoms with Crippen LogP contribution in [-0.2, 0) is 0 Å². The van der Waals surface area contributed by atoms with Crippen molar-refractivity contribution in [1.29, 1.82) is 0 Å². The van der Waals surface area contributed by atoms with Gasteiger partial charge in [-0.05, 0) is 30.9 Å². The van der Waals surface area contributed by atoms with Crippen LogP contribution in [0.3, 0.4) is 0 Å². The normalized spacial score (nSPS) is 18.8. The zero-order valence-electron chi connectivity index (χ0n) is 15.3. The van der Waals surface area contributed by atoms with Crippen LogP contribution in [-0.4, -0.2) is 54.7 Å². The van der Waals surface area contributed by atoms with E-state index in [4.69, 9.17) is 4.74 Å². The molecule has 1 N–H and O–H groups in total. The standard InChI is InChI=1S/C20H29N3O2/c1-16(2)15-25-19-7-5-6-17(14-19)21-20(24)23-12-8-18(9-13-23)22-10-3-4-11-22/h3-7,14,16,18H,8-13,15H2,1-2H3,(H,21,24). The summed E-state index contributed by atoms with van der Waals surface area (Å²) >= 11 is 0. The molecule has 25 heavy (non-hydrogen) atoms. The maximum atomic E-state index is 12.5. The zero-order valence-corrected chi connectivity index (χ0v) is 15.3. The van der Waals surface area contributed by atoms with Crippen molar-refractivity contribution in [2.75, 3.05) is 38.1 Å². The smallest absolute Gasteiger partial charge is 0.321 e. The van der Waals surface area contributed by atoms with Gasteiger partial charge in [-0.1, -0.05) is 32.1 Å². The molecule has 0 spiro atoms. The van der Waals surface area contributed by atoms with E-state index in [9.17, 15) is 4.79 Å². The van der Waals surface area contributed by atoms with E-state index in [2.05, 4.69) is 36.2 Å². The van der Waals surface area contributed by atoms with Crippen molar-refractivity contribution in [1.82, 2.24) is 9.80 Å². The van der Waals surface area contributed by atoms with Gasteiger partial charge in [-0.2, -0.15) is 0 Å². The number of hydrogen-bond donors (Lipinski definition) is 1. The maximum absolute atomic E-state index is 12.5. The molecular weight excluding hydrogens is 314 g/mol. The quantitative estimate of drug-likeness (QED) is 0.831. The number of anilines is 1. The number of carbonyl (C=O) groups is 1. The second-order valence-corrected chi connectivity index (χ2v) is 7.31. The van der Waals surface area contributed by atoms with E-state index in [-0.39, 0.29) is 6.03 Å². The highest BCUT2D eigenvalue weighted by molar-refractivity contribution is 5.89. The van der Waals surface area contributed by atoms with Crippen LogP contribution in [0.2, 0.25) is 0 Å². The van der Waals surface area contributed by atoms with E-state index in [1.807, 2.05) is 29.2 Å². The van der Waals surface area contributed by atoms with Gasteiger partial charge in [0, 0.05) is 44.0 Å². The molecule has 0 aliphatic carbocycles. The molecular formula is C20H29N3O2. The Morgan fingerprint density at radius 2 is 1.96 bits per heavy atom. The van der Waals surface area contributed by atoms with Crippen molar-refractivity contribution in [2.45, 2.75) is 32.7 Å². The number of likely N-dealkylation sites (tertiary alicyclic amines) is 1. The molecule has 0 bridgehead atoms. The lowest BCUT2D eigenvalue weighted by Gasteiger charge is -2.36. The minimum Gasteiger partial charge on any atom is -0.493 e. The Balaban J connectivity index is 1.48. The van der Waals surface area contributed by atoms with Crippen LogP contribution in [0.5, 0.6) is 5.75 Å². The number of rotatable bonds is 5. The number of hydrogen-bond acceptors (Lipinski definition) is 3. The molecule has 2 aliphatic heterocycles. The first kappa shape index (κ1) is 17.8. The Hall–Kier alpha value is -2.01. The molecule has 0 atom stereocenters. The fraction of sp³-hybridized carbons (Fsp3) is 0.550. The Kier molecular flexibility index (Phi) is 5.97. The average molecular weight is 343 g/mol. The number of piperidine rings is 1. The fourth-order valence-electron chi connectivity index (χ4n) is 3.36. The van der Waals surface area contributed by atoms with Gasteiger partial charge in [0.2, 0.25) is 0 Å². The molecule has 2 heterocycles. The number of carbonyl (C=O) groups excluding carboxylic acids is 1. The molecule has 1 aromatic carbocycles. The molecule has 1 saturated heterocycles. The number of amides is 2. The van der Waals surface area contributed by atoms with Gasteiger partial charge in [0.05, 0.1) is 6.61 Å². The first-order valence-electron chi connectivity index (χ1n) is 9.29. The summed E-state index contributed by atoms with van der Waals surface area (Å²) < 4.78 is 5.73. The molecule has 5 heteroatoms. The highest BCUT2D eigenvalue weighted by Crippen LogP contribution is 2.21. The first-order chi connectivity index (χ1) is 12.1. The van der Waals surface area contributed by atoms with Crippen LogP contribution >= 0.6 is 0 Å². The first-order valence-corrected chi connectivity index (χ1v) is 9.29. The van der Waals surface area contributed by atoms with Gasteiger partial charge >= 0.3 is 6.03 Å². The topological polar surface area (TPSA) is 44.8 Å². The molecule has 3 rings (SSSR count). The van der Waals surface area contributed by atoms with Crippen molar-refractivity contribution in [3.8, 4) is 5.75 Å². The van der Waals surface area contributed by atoms with Crippen LogP contribution in [0.1, 0.15) is 26.7 Å². The van der Waals surface area contributed by atoms with E-state index < -0.39 is 0 Å². The highest BCUT2D eigenvalue weighted by atomic mass is 16.5. The molecule has 2 amide bonds. The van der Waals surface area contributed by atoms with Gasteiger partial charge in [0.1, 0.15) is 5.75 Å². The lowest BCUT2D eigenvalue weighted by molar-refractivity contribution is 0.144. The molecule has 1 aromatic rings. The average Bonchev–Trinajstić information content (AvgIpc) is 3.15. The third-order valence-electron chi connectivity index (χ3n) is 4.78. The van der Waals surface area contributed by atoms with Gasteiger partial charge in [-0.3, -0.25) is 4.90 Å². The van der Waals surface area contributed by atoms with Crippen molar-refractivity contribution >= 4 is 11.7 Å². The number of ether oxygens (including phenoxy) is 1. The second kappa shape index (κ2) is 8.39. The highest BCUT2D eigenvalue weighted by Gasteiger charge is 2.27. The lowest BCUT2D eigenvalue weighted by Crippen LogP contribution is -2.47. The van der Waals surface area contributed by atoms with Gasteiger partial charge in [-0.15, -0.1) is 0 Å². The molecule has 136 valence electrons. The van der Waals surface area contributed by atoms with Crippen molar-refractivity contribution in [2.24, 2.45) is 5.92 Å². The summed E-state index contributed by atoms with van der Waals surface area (Å²) in [7, 11) is 0. The second-order valence-electron chi connectivity index (χ2n) is 7.31. The van der Waals surface area contributed by atoms with Crippen LogP contribution in [0, 0.1) is 5.92 Å². The summed E-state index contributed by atoms with van der Waals surface area (Å²) in [4.78, 5) is 16.9. The van der Waals surface area contributed by atoms with Gasteiger partial charge in [0.15, 0.2) is 0 Å². The molecule has 0 saturated carbocycles. The Labute approximate surface area is 150 Å². The fourth-order valence-corrected chi connectivity index (χ4v) is 3.36. The summed E-state index contributed by atoms with van der Waals surface area (Å²) in [5, 5.41) is 3.01. The molecule has 5 nitrogen and oxygen atoms in total. The van der Waals surface area contributed by atoms with Gasteiger partial charge in [-0.25, -0.2) is 4.79 Å². The molecule has 1 fully saturated rings. The summed E-state index contributed by atoms with van der Waals surface area (Å²) in [6.07, 6.45) is 6.56. The lowest BCUT2D eigenvalue weighted by atomic mass is 10.0. The van der Waals surface area contributed by atoms with Crippen LogP contribution in [0.4, 0.5) is 10.5 Å². The molecule has 0 unspecified atom stereocenters. The number of nitrogens with one attached hydrogen (secondary N) is 1. The monoisotopic (exact) mass is 343 g/mol. The van der Waals surface area contributed by atoms with Crippen LogP contribution in [0.15, 0.2) is 36.4 Å². The SMILES string of the molecule is CC(C)COc1cccc(NC(=O)N2CCC(N3CC=CC3)CC2)c1. The van der Waals surface area contributed by atoms with E-state index >= 15 is 0 Å². The van der Waals surface area contributed by atoms with E-state index in [1.165, 1.54) is 0 Å². The molecule has 0 radical (unpaired) electrons. The maximum Gasteiger partial charge on any atom is 0.321 e. The van der Waals surface area contributed by atoms with Crippen LogP contribution in [0.25, 0.3) is 0 Å². The predicted octanol–water partition coefficient (Wildman–Crippen LogP) is 3.59. The van der Waals surface area contributed by atoms with Crippen molar-refractivity contribution in [3.05, 3.63) is 36.4 Å². The summed E-state index contributed by atoms with van der Waals surface area (Å²) in [5.41, 5.74) is 0.789. The molecule has 0 aromatic heterocycles. The van der Waals surface area contributed by atoms with E-state index in [1.54, 1.807) is 0 Å². The Bertz CT molecular complexity index is 599. The third-order valence-corrected chi connectivity index (χ3v) is 4.78. The van der Waals surface area contributed by atoms with Crippen molar-refractivity contribution in [3.63, 3.8) is 0 Å². The summed E-state index contributed by atoms with van der Waals surface area (Å²) in [6, 6.07) is 8.22. The van der Waals surface area contributed by atoms with Gasteiger partial charge < -0.3 is 15.0 Å².